The van der Waals surface area contributed by atoms with Crippen LogP contribution in [0.3, 0.4) is 0 Å². The SMILES string of the molecule is CCOCOc1cccc(C(CCNS(C)(=O)=O)N2C(=O)c3ccccc3C2C(N)=O)c1. The largest absolute Gasteiger partial charge is 0.468 e. The minimum absolute atomic E-state index is 0.0677. The Kier molecular flexibility index (Phi) is 7.49. The number of ether oxygens (including phenoxy) is 2. The summed E-state index contributed by atoms with van der Waals surface area (Å²) in [5.74, 6) is -0.473. The Morgan fingerprint density at radius 3 is 2.66 bits per heavy atom. The Labute approximate surface area is 187 Å². The van der Waals surface area contributed by atoms with Crippen LogP contribution in [0.4, 0.5) is 0 Å². The maximum absolute atomic E-state index is 13.3. The Hall–Kier alpha value is -2.95. The molecule has 0 saturated carbocycles. The fraction of sp³-hybridized carbons (Fsp3) is 0.364. The van der Waals surface area contributed by atoms with Crippen molar-refractivity contribution < 1.29 is 27.5 Å². The van der Waals surface area contributed by atoms with Crippen LogP contribution in [0.15, 0.2) is 48.5 Å². The zero-order valence-electron chi connectivity index (χ0n) is 18.0. The van der Waals surface area contributed by atoms with Gasteiger partial charge in [0.1, 0.15) is 11.8 Å². The van der Waals surface area contributed by atoms with E-state index in [1.165, 1.54) is 4.90 Å². The number of rotatable bonds is 11. The van der Waals surface area contributed by atoms with Crippen molar-refractivity contribution in [3.8, 4) is 5.75 Å². The van der Waals surface area contributed by atoms with Crippen molar-refractivity contribution in [2.75, 3.05) is 26.2 Å². The number of nitrogens with one attached hydrogen (secondary N) is 1. The average molecular weight is 462 g/mol. The molecule has 2 atom stereocenters. The molecule has 172 valence electrons. The van der Waals surface area contributed by atoms with E-state index >= 15 is 0 Å². The summed E-state index contributed by atoms with van der Waals surface area (Å²) >= 11 is 0. The van der Waals surface area contributed by atoms with Gasteiger partial charge < -0.3 is 20.1 Å². The topological polar surface area (TPSA) is 128 Å². The van der Waals surface area contributed by atoms with E-state index in [-0.39, 0.29) is 25.7 Å². The molecular formula is C22H27N3O6S. The first-order valence-corrected chi connectivity index (χ1v) is 12.1. The molecule has 0 spiro atoms. The standard InChI is InChI=1S/C22H27N3O6S/c1-3-30-14-31-16-8-6-7-15(13-16)19(11-12-24-32(2,28)29)25-20(21(23)26)17-9-4-5-10-18(17)22(25)27/h4-10,13,19-20,24H,3,11-12,14H2,1-2H3,(H2,23,26). The first-order valence-electron chi connectivity index (χ1n) is 10.2. The molecule has 1 aliphatic rings. The molecule has 2 unspecified atom stereocenters. The summed E-state index contributed by atoms with van der Waals surface area (Å²) in [6.45, 7) is 2.49. The van der Waals surface area contributed by atoms with Crippen molar-refractivity contribution in [2.24, 2.45) is 5.73 Å². The predicted octanol–water partition coefficient (Wildman–Crippen LogP) is 1.72. The zero-order chi connectivity index (χ0) is 23.3. The fourth-order valence-corrected chi connectivity index (χ4v) is 4.29. The lowest BCUT2D eigenvalue weighted by molar-refractivity contribution is -0.123. The Bertz CT molecular complexity index is 1090. The Balaban J connectivity index is 1.98. The van der Waals surface area contributed by atoms with Gasteiger partial charge in [-0.05, 0) is 42.7 Å². The molecule has 2 aromatic rings. The highest BCUT2D eigenvalue weighted by molar-refractivity contribution is 7.88. The second-order valence-electron chi connectivity index (χ2n) is 7.40. The van der Waals surface area contributed by atoms with Crippen LogP contribution in [0, 0.1) is 0 Å². The van der Waals surface area contributed by atoms with E-state index in [1.54, 1.807) is 48.5 Å². The molecule has 0 saturated heterocycles. The van der Waals surface area contributed by atoms with Crippen LogP contribution >= 0.6 is 0 Å². The number of primary amides is 1. The quantitative estimate of drug-likeness (QED) is 0.387. The zero-order valence-corrected chi connectivity index (χ0v) is 18.8. The summed E-state index contributed by atoms with van der Waals surface area (Å²) < 4.78 is 36.4. The maximum atomic E-state index is 13.3. The van der Waals surface area contributed by atoms with Crippen molar-refractivity contribution in [3.05, 3.63) is 65.2 Å². The van der Waals surface area contributed by atoms with E-state index in [0.717, 1.165) is 6.26 Å². The highest BCUT2D eigenvalue weighted by atomic mass is 32.2. The summed E-state index contributed by atoms with van der Waals surface area (Å²) in [6, 6.07) is 12.3. The molecule has 3 N–H and O–H groups in total. The van der Waals surface area contributed by atoms with Gasteiger partial charge in [0.25, 0.3) is 5.91 Å². The van der Waals surface area contributed by atoms with Gasteiger partial charge in [0.05, 0.1) is 12.3 Å². The third-order valence-electron chi connectivity index (χ3n) is 5.14. The molecule has 0 radical (unpaired) electrons. The van der Waals surface area contributed by atoms with Gasteiger partial charge in [-0.3, -0.25) is 9.59 Å². The van der Waals surface area contributed by atoms with Crippen molar-refractivity contribution >= 4 is 21.8 Å². The van der Waals surface area contributed by atoms with Crippen LogP contribution in [-0.2, 0) is 19.6 Å². The molecule has 0 aliphatic carbocycles. The molecule has 3 rings (SSSR count). The van der Waals surface area contributed by atoms with Crippen molar-refractivity contribution in [1.82, 2.24) is 9.62 Å². The number of hydrogen-bond donors (Lipinski definition) is 2. The molecule has 0 aromatic heterocycles. The highest BCUT2D eigenvalue weighted by Gasteiger charge is 2.43. The van der Waals surface area contributed by atoms with E-state index in [0.29, 0.717) is 29.0 Å². The van der Waals surface area contributed by atoms with E-state index in [9.17, 15) is 18.0 Å². The van der Waals surface area contributed by atoms with Gasteiger partial charge in [0.2, 0.25) is 15.9 Å². The number of nitrogens with two attached hydrogens (primary N) is 1. The number of hydrogen-bond acceptors (Lipinski definition) is 6. The lowest BCUT2D eigenvalue weighted by Gasteiger charge is -2.33. The number of nitrogens with zero attached hydrogens (tertiary/aromatic N) is 1. The molecule has 1 heterocycles. The minimum atomic E-state index is -3.43. The monoisotopic (exact) mass is 461 g/mol. The first kappa shape index (κ1) is 23.7. The van der Waals surface area contributed by atoms with Gasteiger partial charge >= 0.3 is 0 Å². The van der Waals surface area contributed by atoms with Crippen LogP contribution in [0.1, 0.15) is 46.9 Å². The molecule has 0 bridgehead atoms. The molecule has 1 aliphatic heterocycles. The summed E-state index contributed by atoms with van der Waals surface area (Å²) in [6.07, 6.45) is 1.29. The van der Waals surface area contributed by atoms with Crippen molar-refractivity contribution in [1.29, 1.82) is 0 Å². The first-order chi connectivity index (χ1) is 15.2. The molecule has 32 heavy (non-hydrogen) atoms. The maximum Gasteiger partial charge on any atom is 0.255 e. The van der Waals surface area contributed by atoms with E-state index in [1.807, 2.05) is 6.92 Å². The van der Waals surface area contributed by atoms with Gasteiger partial charge in [-0.15, -0.1) is 0 Å². The summed E-state index contributed by atoms with van der Waals surface area (Å²) in [5.41, 5.74) is 7.33. The van der Waals surface area contributed by atoms with Crippen molar-refractivity contribution in [3.63, 3.8) is 0 Å². The molecule has 9 nitrogen and oxygen atoms in total. The molecule has 2 aromatic carbocycles. The summed E-state index contributed by atoms with van der Waals surface area (Å²) in [4.78, 5) is 27.1. The second kappa shape index (κ2) is 10.1. The molecule has 0 fully saturated rings. The average Bonchev–Trinajstić information content (AvgIpc) is 3.04. The number of benzene rings is 2. The van der Waals surface area contributed by atoms with Gasteiger partial charge in [-0.25, -0.2) is 13.1 Å². The molecular weight excluding hydrogens is 434 g/mol. The summed E-state index contributed by atoms with van der Waals surface area (Å²) in [7, 11) is -3.43. The van der Waals surface area contributed by atoms with Crippen molar-refractivity contribution in [2.45, 2.75) is 25.4 Å². The predicted molar refractivity (Wildman–Crippen MR) is 118 cm³/mol. The normalized spacial score (nSPS) is 16.6. The van der Waals surface area contributed by atoms with E-state index in [2.05, 4.69) is 4.72 Å². The third kappa shape index (κ3) is 5.45. The van der Waals surface area contributed by atoms with Crippen LogP contribution in [0.5, 0.6) is 5.75 Å². The smallest absolute Gasteiger partial charge is 0.255 e. The van der Waals surface area contributed by atoms with E-state index in [4.69, 9.17) is 15.2 Å². The highest BCUT2D eigenvalue weighted by Crippen LogP contribution is 2.41. The van der Waals surface area contributed by atoms with Gasteiger partial charge in [0.15, 0.2) is 6.79 Å². The lowest BCUT2D eigenvalue weighted by Crippen LogP contribution is -2.40. The van der Waals surface area contributed by atoms with Crippen LogP contribution < -0.4 is 15.2 Å². The van der Waals surface area contributed by atoms with Gasteiger partial charge in [-0.2, -0.15) is 0 Å². The molecule has 2 amide bonds. The van der Waals surface area contributed by atoms with Gasteiger partial charge in [0, 0.05) is 18.7 Å². The number of sulfonamides is 1. The third-order valence-corrected chi connectivity index (χ3v) is 5.87. The van der Waals surface area contributed by atoms with Gasteiger partial charge in [-0.1, -0.05) is 30.3 Å². The minimum Gasteiger partial charge on any atom is -0.468 e. The Morgan fingerprint density at radius 2 is 1.97 bits per heavy atom. The van der Waals surface area contributed by atoms with Crippen LogP contribution in [-0.4, -0.2) is 51.3 Å². The van der Waals surface area contributed by atoms with Crippen LogP contribution in [0.25, 0.3) is 0 Å². The fourth-order valence-electron chi connectivity index (χ4n) is 3.80. The Morgan fingerprint density at radius 1 is 1.22 bits per heavy atom. The second-order valence-corrected chi connectivity index (χ2v) is 9.24. The lowest BCUT2D eigenvalue weighted by atomic mass is 9.99. The molecule has 10 heteroatoms. The number of carbonyl (C=O) groups excluding carboxylic acids is 2. The number of amides is 2. The summed E-state index contributed by atoms with van der Waals surface area (Å²) in [5, 5.41) is 0. The van der Waals surface area contributed by atoms with E-state index < -0.39 is 28.0 Å². The number of carbonyl (C=O) groups is 2. The van der Waals surface area contributed by atoms with Crippen LogP contribution in [0.2, 0.25) is 0 Å². The number of fused-ring (bicyclic) bond motifs is 1.